The number of carbonyl (C=O) groups is 1. The molecule has 0 aliphatic carbocycles. The molecule has 3 aromatic rings. The highest BCUT2D eigenvalue weighted by Gasteiger charge is 2.34. The Hall–Kier alpha value is -2.72. The van der Waals surface area contributed by atoms with Gasteiger partial charge < -0.3 is 5.32 Å². The third-order valence-electron chi connectivity index (χ3n) is 4.83. The maximum absolute atomic E-state index is 12.8. The third-order valence-corrected chi connectivity index (χ3v) is 5.17. The van der Waals surface area contributed by atoms with Gasteiger partial charge in [0.05, 0.1) is 0 Å². The number of benzene rings is 3. The Morgan fingerprint density at radius 3 is 2.42 bits per heavy atom. The highest BCUT2D eigenvalue weighted by molar-refractivity contribution is 7.80. The minimum atomic E-state index is -0.278. The van der Waals surface area contributed by atoms with Gasteiger partial charge in [-0.1, -0.05) is 72.8 Å². The first-order valence-electron chi connectivity index (χ1n) is 8.84. The van der Waals surface area contributed by atoms with E-state index in [0.29, 0.717) is 18.1 Å². The normalized spacial score (nSPS) is 16.9. The van der Waals surface area contributed by atoms with E-state index < -0.39 is 0 Å². The van der Waals surface area contributed by atoms with Crippen LogP contribution in [-0.2, 0) is 17.6 Å². The van der Waals surface area contributed by atoms with Crippen LogP contribution < -0.4 is 5.32 Å². The van der Waals surface area contributed by atoms with Crippen molar-refractivity contribution < 1.29 is 4.79 Å². The molecule has 1 amide bonds. The first-order valence-corrected chi connectivity index (χ1v) is 9.25. The molecule has 1 aliphatic heterocycles. The van der Waals surface area contributed by atoms with Crippen molar-refractivity contribution in [3.05, 3.63) is 83.9 Å². The average Bonchev–Trinajstić information content (AvgIpc) is 2.94. The van der Waals surface area contributed by atoms with Crippen LogP contribution in [-0.4, -0.2) is 28.5 Å². The third kappa shape index (κ3) is 3.46. The van der Waals surface area contributed by atoms with Crippen LogP contribution in [0.25, 0.3) is 10.8 Å². The van der Waals surface area contributed by atoms with Gasteiger partial charge in [0, 0.05) is 13.0 Å². The Kier molecular flexibility index (Phi) is 4.67. The lowest BCUT2D eigenvalue weighted by molar-refractivity contribution is -0.127. The molecule has 1 N–H and O–H groups in total. The van der Waals surface area contributed by atoms with Gasteiger partial charge in [0.25, 0.3) is 5.91 Å². The van der Waals surface area contributed by atoms with E-state index in [0.717, 1.165) is 12.0 Å². The van der Waals surface area contributed by atoms with Crippen molar-refractivity contribution in [3.63, 3.8) is 0 Å². The second-order valence-electron chi connectivity index (χ2n) is 6.61. The number of carbonyl (C=O) groups excluding carboxylic acids is 1. The largest absolute Gasteiger partial charge is 0.350 e. The Morgan fingerprint density at radius 2 is 1.62 bits per heavy atom. The lowest BCUT2D eigenvalue weighted by Gasteiger charge is -2.15. The molecule has 26 heavy (non-hydrogen) atoms. The van der Waals surface area contributed by atoms with Crippen molar-refractivity contribution in [1.82, 2.24) is 10.2 Å². The predicted octanol–water partition coefficient (Wildman–Crippen LogP) is 3.71. The van der Waals surface area contributed by atoms with Gasteiger partial charge in [-0.25, -0.2) is 0 Å². The summed E-state index contributed by atoms with van der Waals surface area (Å²) in [7, 11) is 0. The van der Waals surface area contributed by atoms with E-state index >= 15 is 0 Å². The molecule has 0 radical (unpaired) electrons. The molecule has 3 aromatic carbocycles. The predicted molar refractivity (Wildman–Crippen MR) is 109 cm³/mol. The smallest absolute Gasteiger partial charge is 0.251 e. The minimum absolute atomic E-state index is 0.0686. The molecule has 1 fully saturated rings. The summed E-state index contributed by atoms with van der Waals surface area (Å²) in [6.07, 6.45) is 1.45. The number of nitrogens with one attached hydrogen (secondary N) is 1. The van der Waals surface area contributed by atoms with Gasteiger partial charge in [0.15, 0.2) is 5.11 Å². The maximum Gasteiger partial charge on any atom is 0.251 e. The molecule has 130 valence electrons. The molecule has 1 saturated heterocycles. The molecule has 0 spiro atoms. The van der Waals surface area contributed by atoms with Crippen LogP contribution in [0.2, 0.25) is 0 Å². The SMILES string of the molecule is O=C1C(Cc2ccc3ccccc3c2)NC(=S)N1CCc1ccccc1. The molecule has 0 saturated carbocycles. The van der Waals surface area contributed by atoms with Gasteiger partial charge in [0.1, 0.15) is 6.04 Å². The maximum atomic E-state index is 12.8. The van der Waals surface area contributed by atoms with E-state index in [-0.39, 0.29) is 11.9 Å². The molecule has 1 atom stereocenters. The van der Waals surface area contributed by atoms with Crippen molar-refractivity contribution in [1.29, 1.82) is 0 Å². The molecule has 3 nitrogen and oxygen atoms in total. The molecule has 1 unspecified atom stereocenters. The van der Waals surface area contributed by atoms with Gasteiger partial charge in [-0.05, 0) is 40.5 Å². The number of fused-ring (bicyclic) bond motifs is 1. The molecule has 4 rings (SSSR count). The fourth-order valence-electron chi connectivity index (χ4n) is 3.41. The quantitative estimate of drug-likeness (QED) is 0.704. The van der Waals surface area contributed by atoms with Gasteiger partial charge >= 0.3 is 0 Å². The van der Waals surface area contributed by atoms with Crippen LogP contribution in [0.5, 0.6) is 0 Å². The van der Waals surface area contributed by atoms with Crippen molar-refractivity contribution >= 4 is 34.0 Å². The van der Waals surface area contributed by atoms with Crippen molar-refractivity contribution in [2.45, 2.75) is 18.9 Å². The highest BCUT2D eigenvalue weighted by Crippen LogP contribution is 2.19. The summed E-state index contributed by atoms with van der Waals surface area (Å²) < 4.78 is 0. The summed E-state index contributed by atoms with van der Waals surface area (Å²) in [6, 6.07) is 24.5. The van der Waals surface area contributed by atoms with E-state index in [1.165, 1.54) is 16.3 Å². The lowest BCUT2D eigenvalue weighted by atomic mass is 10.0. The summed E-state index contributed by atoms with van der Waals surface area (Å²) >= 11 is 5.40. The molecule has 0 aromatic heterocycles. The lowest BCUT2D eigenvalue weighted by Crippen LogP contribution is -2.33. The molecule has 0 bridgehead atoms. The van der Waals surface area contributed by atoms with Gasteiger partial charge in [-0.15, -0.1) is 0 Å². The van der Waals surface area contributed by atoms with E-state index in [9.17, 15) is 4.79 Å². The van der Waals surface area contributed by atoms with Gasteiger partial charge in [-0.3, -0.25) is 9.69 Å². The molecular weight excluding hydrogens is 340 g/mol. The summed E-state index contributed by atoms with van der Waals surface area (Å²) in [5.74, 6) is 0.0686. The Labute approximate surface area is 158 Å². The average molecular weight is 360 g/mol. The Balaban J connectivity index is 1.44. The minimum Gasteiger partial charge on any atom is -0.350 e. The summed E-state index contributed by atoms with van der Waals surface area (Å²) in [6.45, 7) is 0.614. The number of rotatable bonds is 5. The van der Waals surface area contributed by atoms with E-state index in [1.807, 2.05) is 30.3 Å². The standard InChI is InChI=1S/C22H20N2OS/c25-21-20(15-17-10-11-18-8-4-5-9-19(18)14-17)23-22(26)24(21)13-12-16-6-2-1-3-7-16/h1-11,14,20H,12-13,15H2,(H,23,26). The monoisotopic (exact) mass is 360 g/mol. The van der Waals surface area contributed by atoms with Crippen LogP contribution in [0.4, 0.5) is 0 Å². The van der Waals surface area contributed by atoms with E-state index in [1.54, 1.807) is 4.90 Å². The van der Waals surface area contributed by atoms with Crippen LogP contribution >= 0.6 is 12.2 Å². The zero-order valence-electron chi connectivity index (χ0n) is 14.4. The summed E-state index contributed by atoms with van der Waals surface area (Å²) in [5, 5.41) is 6.14. The number of amides is 1. The second-order valence-corrected chi connectivity index (χ2v) is 7.00. The number of hydrogen-bond acceptors (Lipinski definition) is 2. The van der Waals surface area contributed by atoms with Crippen LogP contribution in [0.15, 0.2) is 72.8 Å². The van der Waals surface area contributed by atoms with Crippen LogP contribution in [0, 0.1) is 0 Å². The van der Waals surface area contributed by atoms with E-state index in [4.69, 9.17) is 12.2 Å². The molecule has 4 heteroatoms. The Morgan fingerprint density at radius 1 is 0.885 bits per heavy atom. The van der Waals surface area contributed by atoms with Crippen molar-refractivity contribution in [3.8, 4) is 0 Å². The highest BCUT2D eigenvalue weighted by atomic mass is 32.1. The molecular formula is C22H20N2OS. The summed E-state index contributed by atoms with van der Waals surface area (Å²) in [4.78, 5) is 14.5. The Bertz CT molecular complexity index is 955. The molecule has 1 aliphatic rings. The number of nitrogens with zero attached hydrogens (tertiary/aromatic N) is 1. The zero-order valence-corrected chi connectivity index (χ0v) is 15.2. The van der Waals surface area contributed by atoms with Crippen LogP contribution in [0.3, 0.4) is 0 Å². The van der Waals surface area contributed by atoms with Crippen molar-refractivity contribution in [2.75, 3.05) is 6.54 Å². The van der Waals surface area contributed by atoms with Gasteiger partial charge in [0.2, 0.25) is 0 Å². The van der Waals surface area contributed by atoms with E-state index in [2.05, 4.69) is 47.8 Å². The number of hydrogen-bond donors (Lipinski definition) is 1. The summed E-state index contributed by atoms with van der Waals surface area (Å²) in [5.41, 5.74) is 2.35. The number of thiocarbonyl (C=S) groups is 1. The first-order chi connectivity index (χ1) is 12.7. The van der Waals surface area contributed by atoms with Gasteiger partial charge in [-0.2, -0.15) is 0 Å². The first kappa shape index (κ1) is 16.7. The molecule has 1 heterocycles. The zero-order chi connectivity index (χ0) is 17.9. The fraction of sp³-hybridized carbons (Fsp3) is 0.182. The fourth-order valence-corrected chi connectivity index (χ4v) is 3.74. The van der Waals surface area contributed by atoms with Crippen LogP contribution in [0.1, 0.15) is 11.1 Å². The topological polar surface area (TPSA) is 32.3 Å². The second kappa shape index (κ2) is 7.26. The van der Waals surface area contributed by atoms with Crippen molar-refractivity contribution in [2.24, 2.45) is 0 Å².